The number of rotatable bonds is 5. The molecule has 1 aliphatic heterocycles. The molecule has 0 spiro atoms. The van der Waals surface area contributed by atoms with E-state index in [0.717, 1.165) is 16.8 Å². The number of nitrogens with zero attached hydrogens (tertiary/aromatic N) is 2. The van der Waals surface area contributed by atoms with E-state index in [0.29, 0.717) is 44.6 Å². The maximum atomic E-state index is 14.1. The molecule has 1 saturated heterocycles. The second-order valence-electron chi connectivity index (χ2n) is 8.46. The second-order valence-corrected chi connectivity index (χ2v) is 8.46. The van der Waals surface area contributed by atoms with E-state index >= 15 is 0 Å². The number of nitrogens with one attached hydrogen (secondary N) is 1. The molecule has 0 unspecified atom stereocenters. The number of fused-ring (bicyclic) bond motifs is 1. The first-order valence-corrected chi connectivity index (χ1v) is 10.8. The SMILES string of the molecule is COc1c(F)cc(N2CCN(CC(=O)Nc3ccc4c(c3)CCC(=O)C4)[C@H](C)C2)cc1F. The molecule has 1 N–H and O–H groups in total. The molecule has 1 amide bonds. The van der Waals surface area contributed by atoms with Gasteiger partial charge in [-0.3, -0.25) is 14.5 Å². The van der Waals surface area contributed by atoms with Gasteiger partial charge >= 0.3 is 0 Å². The van der Waals surface area contributed by atoms with E-state index in [2.05, 4.69) is 10.2 Å². The summed E-state index contributed by atoms with van der Waals surface area (Å²) in [5, 5.41) is 2.95. The number of aryl methyl sites for hydroxylation is 1. The normalized spacial score (nSPS) is 18.9. The smallest absolute Gasteiger partial charge is 0.238 e. The monoisotopic (exact) mass is 443 g/mol. The lowest BCUT2D eigenvalue weighted by molar-refractivity contribution is -0.119. The number of carbonyl (C=O) groups is 2. The van der Waals surface area contributed by atoms with Crippen molar-refractivity contribution >= 4 is 23.1 Å². The van der Waals surface area contributed by atoms with Crippen LogP contribution in [0.3, 0.4) is 0 Å². The fraction of sp³-hybridized carbons (Fsp3) is 0.417. The van der Waals surface area contributed by atoms with Crippen molar-refractivity contribution in [2.24, 2.45) is 0 Å². The van der Waals surface area contributed by atoms with Crippen LogP contribution in [0.15, 0.2) is 30.3 Å². The van der Waals surface area contributed by atoms with Crippen LogP contribution in [-0.2, 0) is 22.4 Å². The van der Waals surface area contributed by atoms with Gasteiger partial charge in [-0.1, -0.05) is 6.07 Å². The standard InChI is InChI=1S/C24H27F2N3O3/c1-15-13-29(19-11-21(25)24(32-2)22(26)12-19)8-7-28(15)14-23(31)27-18-5-3-17-10-20(30)6-4-16(17)9-18/h3,5,9,11-12,15H,4,6-8,10,13-14H2,1-2H3,(H,27,31)/t15-/m1/s1. The van der Waals surface area contributed by atoms with Crippen molar-refractivity contribution in [3.05, 3.63) is 53.1 Å². The summed E-state index contributed by atoms with van der Waals surface area (Å²) in [5.74, 6) is -1.70. The topological polar surface area (TPSA) is 61.9 Å². The number of ketones is 1. The molecular formula is C24H27F2N3O3. The van der Waals surface area contributed by atoms with Gasteiger partial charge < -0.3 is 15.0 Å². The number of piperazine rings is 1. The van der Waals surface area contributed by atoms with Crippen LogP contribution in [0.25, 0.3) is 0 Å². The first kappa shape index (κ1) is 22.2. The van der Waals surface area contributed by atoms with Crippen LogP contribution in [0.1, 0.15) is 24.5 Å². The molecule has 0 aromatic heterocycles. The van der Waals surface area contributed by atoms with Crippen molar-refractivity contribution < 1.29 is 23.1 Å². The maximum Gasteiger partial charge on any atom is 0.238 e. The van der Waals surface area contributed by atoms with Crippen LogP contribution in [-0.4, -0.2) is 55.9 Å². The third-order valence-electron chi connectivity index (χ3n) is 6.21. The Morgan fingerprint density at radius 1 is 1.12 bits per heavy atom. The molecule has 170 valence electrons. The fourth-order valence-electron chi connectivity index (χ4n) is 4.46. The van der Waals surface area contributed by atoms with Crippen molar-refractivity contribution in [1.29, 1.82) is 0 Å². The lowest BCUT2D eigenvalue weighted by atomic mass is 9.90. The minimum absolute atomic E-state index is 0.0252. The number of ether oxygens (including phenoxy) is 1. The van der Waals surface area contributed by atoms with Gasteiger partial charge in [-0.05, 0) is 36.6 Å². The molecule has 4 rings (SSSR count). The number of amides is 1. The van der Waals surface area contributed by atoms with E-state index in [1.807, 2.05) is 30.0 Å². The molecule has 1 aliphatic carbocycles. The number of benzene rings is 2. The first-order chi connectivity index (χ1) is 15.3. The third kappa shape index (κ3) is 4.75. The van der Waals surface area contributed by atoms with Gasteiger partial charge in [0.05, 0.1) is 13.7 Å². The van der Waals surface area contributed by atoms with E-state index in [1.165, 1.54) is 19.2 Å². The van der Waals surface area contributed by atoms with Gasteiger partial charge in [0.2, 0.25) is 5.91 Å². The van der Waals surface area contributed by atoms with Gasteiger partial charge in [-0.2, -0.15) is 0 Å². The molecule has 6 nitrogen and oxygen atoms in total. The lowest BCUT2D eigenvalue weighted by Gasteiger charge is -2.40. The summed E-state index contributed by atoms with van der Waals surface area (Å²) in [4.78, 5) is 28.2. The summed E-state index contributed by atoms with van der Waals surface area (Å²) in [6.45, 7) is 3.92. The van der Waals surface area contributed by atoms with Crippen molar-refractivity contribution in [2.45, 2.75) is 32.2 Å². The molecule has 8 heteroatoms. The minimum Gasteiger partial charge on any atom is -0.491 e. The average molecular weight is 443 g/mol. The first-order valence-electron chi connectivity index (χ1n) is 10.8. The molecule has 1 atom stereocenters. The Hall–Kier alpha value is -3.00. The zero-order chi connectivity index (χ0) is 22.8. The Morgan fingerprint density at radius 2 is 1.88 bits per heavy atom. The fourth-order valence-corrected chi connectivity index (χ4v) is 4.46. The predicted molar refractivity (Wildman–Crippen MR) is 118 cm³/mol. The Balaban J connectivity index is 1.34. The Kier molecular flexibility index (Phi) is 6.41. The van der Waals surface area contributed by atoms with Gasteiger partial charge in [-0.15, -0.1) is 0 Å². The van der Waals surface area contributed by atoms with Crippen molar-refractivity contribution in [2.75, 3.05) is 43.5 Å². The van der Waals surface area contributed by atoms with Crippen molar-refractivity contribution in [1.82, 2.24) is 4.90 Å². The predicted octanol–water partition coefficient (Wildman–Crippen LogP) is 3.18. The highest BCUT2D eigenvalue weighted by Crippen LogP contribution is 2.29. The number of anilines is 2. The number of hydrogen-bond acceptors (Lipinski definition) is 5. The van der Waals surface area contributed by atoms with Gasteiger partial charge in [0.25, 0.3) is 0 Å². The van der Waals surface area contributed by atoms with Crippen LogP contribution in [0, 0.1) is 11.6 Å². The van der Waals surface area contributed by atoms with E-state index in [9.17, 15) is 18.4 Å². The van der Waals surface area contributed by atoms with E-state index in [1.54, 1.807) is 0 Å². The highest BCUT2D eigenvalue weighted by atomic mass is 19.1. The maximum absolute atomic E-state index is 14.1. The summed E-state index contributed by atoms with van der Waals surface area (Å²) in [5.41, 5.74) is 3.35. The minimum atomic E-state index is -0.730. The molecule has 0 saturated carbocycles. The van der Waals surface area contributed by atoms with E-state index in [4.69, 9.17) is 4.74 Å². The number of carbonyl (C=O) groups excluding carboxylic acids is 2. The van der Waals surface area contributed by atoms with Crippen LogP contribution in [0.2, 0.25) is 0 Å². The van der Waals surface area contributed by atoms with Crippen molar-refractivity contribution in [3.63, 3.8) is 0 Å². The third-order valence-corrected chi connectivity index (χ3v) is 6.21. The molecule has 0 radical (unpaired) electrons. The average Bonchev–Trinajstić information content (AvgIpc) is 2.75. The van der Waals surface area contributed by atoms with Crippen molar-refractivity contribution in [3.8, 4) is 5.75 Å². The number of hydrogen-bond donors (Lipinski definition) is 1. The summed E-state index contributed by atoms with van der Waals surface area (Å²) in [7, 11) is 1.23. The van der Waals surface area contributed by atoms with Gasteiger partial charge in [0.1, 0.15) is 5.78 Å². The molecule has 32 heavy (non-hydrogen) atoms. The zero-order valence-electron chi connectivity index (χ0n) is 18.3. The molecule has 2 aromatic carbocycles. The Morgan fingerprint density at radius 3 is 2.56 bits per heavy atom. The second kappa shape index (κ2) is 9.24. The molecule has 1 heterocycles. The lowest BCUT2D eigenvalue weighted by Crippen LogP contribution is -2.53. The van der Waals surface area contributed by atoms with E-state index in [-0.39, 0.29) is 30.0 Å². The Bertz CT molecular complexity index is 1020. The molecule has 2 aromatic rings. The zero-order valence-corrected chi connectivity index (χ0v) is 18.3. The summed E-state index contributed by atoms with van der Waals surface area (Å²) < 4.78 is 32.9. The summed E-state index contributed by atoms with van der Waals surface area (Å²) in [6, 6.07) is 8.28. The molecule has 0 bridgehead atoms. The highest BCUT2D eigenvalue weighted by Gasteiger charge is 2.27. The summed E-state index contributed by atoms with van der Waals surface area (Å²) in [6.07, 6.45) is 1.73. The number of halogens is 2. The largest absolute Gasteiger partial charge is 0.491 e. The molecule has 1 fully saturated rings. The van der Waals surface area contributed by atoms with Gasteiger partial charge in [0.15, 0.2) is 17.4 Å². The van der Waals surface area contributed by atoms with Crippen LogP contribution in [0.4, 0.5) is 20.2 Å². The van der Waals surface area contributed by atoms with Crippen LogP contribution in [0.5, 0.6) is 5.75 Å². The molecular weight excluding hydrogens is 416 g/mol. The quantitative estimate of drug-likeness (QED) is 0.769. The molecule has 2 aliphatic rings. The highest BCUT2D eigenvalue weighted by molar-refractivity contribution is 5.92. The van der Waals surface area contributed by atoms with Crippen LogP contribution < -0.4 is 15.0 Å². The van der Waals surface area contributed by atoms with Gasteiger partial charge in [0, 0.05) is 62.0 Å². The number of methoxy groups -OCH3 is 1. The van der Waals surface area contributed by atoms with Gasteiger partial charge in [-0.25, -0.2) is 8.78 Å². The Labute approximate surface area is 186 Å². The van der Waals surface area contributed by atoms with E-state index < -0.39 is 11.6 Å². The van der Waals surface area contributed by atoms with Crippen LogP contribution >= 0.6 is 0 Å². The summed E-state index contributed by atoms with van der Waals surface area (Å²) >= 11 is 0. The number of Topliss-reactive ketones (excluding diaryl/α,β-unsaturated/α-hetero) is 1.